The average Bonchev–Trinajstić information content (AvgIpc) is 2.41. The van der Waals surface area contributed by atoms with Crippen molar-refractivity contribution in [1.82, 2.24) is 0 Å². The molecule has 2 unspecified atom stereocenters. The van der Waals surface area contributed by atoms with E-state index in [1.807, 2.05) is 0 Å². The summed E-state index contributed by atoms with van der Waals surface area (Å²) in [6.45, 7) is 1.77. The van der Waals surface area contributed by atoms with Crippen LogP contribution in [0.4, 0.5) is 5.69 Å². The largest absolute Gasteiger partial charge is 0.481 e. The number of hydrogen-bond acceptors (Lipinski definition) is 4. The summed E-state index contributed by atoms with van der Waals surface area (Å²) in [6.07, 6.45) is 4.55. The second kappa shape index (κ2) is 5.67. The van der Waals surface area contributed by atoms with Gasteiger partial charge >= 0.3 is 5.97 Å². The van der Waals surface area contributed by atoms with Crippen molar-refractivity contribution in [3.05, 3.63) is 24.3 Å². The van der Waals surface area contributed by atoms with Crippen LogP contribution in [0.5, 0.6) is 0 Å². The van der Waals surface area contributed by atoms with E-state index in [1.54, 1.807) is 31.2 Å². The van der Waals surface area contributed by atoms with Crippen molar-refractivity contribution in [3.63, 3.8) is 0 Å². The number of carboxylic acid groups (broad SMARTS) is 1. The van der Waals surface area contributed by atoms with Gasteiger partial charge in [0.15, 0.2) is 9.84 Å². The van der Waals surface area contributed by atoms with E-state index in [-0.39, 0.29) is 10.9 Å². The Kier molecular flexibility index (Phi) is 4.27. The molecule has 0 aromatic heterocycles. The summed E-state index contributed by atoms with van der Waals surface area (Å²) in [5.74, 6) is -0.785. The van der Waals surface area contributed by atoms with Crippen LogP contribution >= 0.6 is 0 Å². The second-order valence-electron chi connectivity index (χ2n) is 5.96. The molecule has 0 bridgehead atoms. The summed E-state index contributed by atoms with van der Waals surface area (Å²) in [6, 6.07) is 6.31. The normalized spacial score (nSPS) is 26.3. The van der Waals surface area contributed by atoms with Crippen LogP contribution in [0.25, 0.3) is 0 Å². The Morgan fingerprint density at radius 2 is 1.90 bits per heavy atom. The Hall–Kier alpha value is -1.56. The molecule has 0 spiro atoms. The maximum Gasteiger partial charge on any atom is 0.311 e. The van der Waals surface area contributed by atoms with E-state index in [9.17, 15) is 18.3 Å². The van der Waals surface area contributed by atoms with Crippen molar-refractivity contribution in [3.8, 4) is 0 Å². The maximum atomic E-state index is 11.5. The van der Waals surface area contributed by atoms with Crippen LogP contribution in [0.1, 0.15) is 32.6 Å². The zero-order valence-corrected chi connectivity index (χ0v) is 13.1. The van der Waals surface area contributed by atoms with Gasteiger partial charge in [-0.1, -0.05) is 12.8 Å². The second-order valence-corrected chi connectivity index (χ2v) is 7.98. The van der Waals surface area contributed by atoms with E-state index in [0.29, 0.717) is 6.42 Å². The number of carboxylic acids is 1. The summed E-state index contributed by atoms with van der Waals surface area (Å²) < 4.78 is 22.9. The molecule has 2 atom stereocenters. The average molecular weight is 311 g/mol. The highest BCUT2D eigenvalue weighted by Crippen LogP contribution is 2.38. The molecular formula is C15H21NO4S. The van der Waals surface area contributed by atoms with Gasteiger partial charge in [0.1, 0.15) is 0 Å². The van der Waals surface area contributed by atoms with Crippen LogP contribution in [-0.2, 0) is 14.6 Å². The topological polar surface area (TPSA) is 83.5 Å². The van der Waals surface area contributed by atoms with Crippen LogP contribution in [0.3, 0.4) is 0 Å². The lowest BCUT2D eigenvalue weighted by atomic mass is 9.71. The van der Waals surface area contributed by atoms with Gasteiger partial charge in [-0.2, -0.15) is 0 Å². The van der Waals surface area contributed by atoms with E-state index in [4.69, 9.17) is 0 Å². The fraction of sp³-hybridized carbons (Fsp3) is 0.533. The maximum absolute atomic E-state index is 11.5. The smallest absolute Gasteiger partial charge is 0.311 e. The molecule has 0 radical (unpaired) electrons. The number of benzene rings is 1. The first-order valence-corrected chi connectivity index (χ1v) is 8.93. The van der Waals surface area contributed by atoms with Crippen LogP contribution in [0.15, 0.2) is 29.2 Å². The summed E-state index contributed by atoms with van der Waals surface area (Å²) in [7, 11) is -3.21. The van der Waals surface area contributed by atoms with Crippen molar-refractivity contribution in [2.24, 2.45) is 5.41 Å². The monoisotopic (exact) mass is 311 g/mol. The highest BCUT2D eigenvalue weighted by molar-refractivity contribution is 7.90. The van der Waals surface area contributed by atoms with Gasteiger partial charge < -0.3 is 10.4 Å². The van der Waals surface area contributed by atoms with Crippen molar-refractivity contribution in [2.75, 3.05) is 11.6 Å². The Balaban J connectivity index is 2.18. The van der Waals surface area contributed by atoms with Crippen molar-refractivity contribution in [1.29, 1.82) is 0 Å². The van der Waals surface area contributed by atoms with Crippen LogP contribution in [-0.4, -0.2) is 31.8 Å². The first-order valence-electron chi connectivity index (χ1n) is 7.03. The molecule has 0 saturated heterocycles. The Morgan fingerprint density at radius 3 is 2.43 bits per heavy atom. The number of rotatable bonds is 4. The minimum Gasteiger partial charge on any atom is -0.481 e. The van der Waals surface area contributed by atoms with E-state index in [1.165, 1.54) is 0 Å². The van der Waals surface area contributed by atoms with E-state index in [0.717, 1.165) is 31.2 Å². The third kappa shape index (κ3) is 3.37. The fourth-order valence-electron chi connectivity index (χ4n) is 2.82. The fourth-order valence-corrected chi connectivity index (χ4v) is 3.45. The molecule has 21 heavy (non-hydrogen) atoms. The molecule has 1 aliphatic carbocycles. The molecule has 6 heteroatoms. The Morgan fingerprint density at radius 1 is 1.29 bits per heavy atom. The summed E-state index contributed by atoms with van der Waals surface area (Å²) in [5, 5.41) is 12.7. The molecule has 0 amide bonds. The lowest BCUT2D eigenvalue weighted by Gasteiger charge is -2.39. The Bertz CT molecular complexity index is 624. The highest BCUT2D eigenvalue weighted by Gasteiger charge is 2.43. The SMILES string of the molecule is CC1(C(=O)O)CCCCC1Nc1ccc(S(C)(=O)=O)cc1. The van der Waals surface area contributed by atoms with Gasteiger partial charge in [0.25, 0.3) is 0 Å². The molecule has 2 rings (SSSR count). The standard InChI is InChI=1S/C15H21NO4S/c1-15(14(17)18)10-4-3-5-13(15)16-11-6-8-12(9-7-11)21(2,19)20/h6-9,13,16H,3-5,10H2,1-2H3,(H,17,18). The van der Waals surface area contributed by atoms with Gasteiger partial charge in [-0.05, 0) is 44.0 Å². The van der Waals surface area contributed by atoms with Crippen LogP contribution in [0.2, 0.25) is 0 Å². The molecule has 1 aliphatic rings. The van der Waals surface area contributed by atoms with Crippen LogP contribution in [0, 0.1) is 5.41 Å². The van der Waals surface area contributed by atoms with Gasteiger partial charge in [-0.3, -0.25) is 4.79 Å². The van der Waals surface area contributed by atoms with Gasteiger partial charge in [-0.15, -0.1) is 0 Å². The van der Waals surface area contributed by atoms with Gasteiger partial charge in [0, 0.05) is 18.0 Å². The first-order chi connectivity index (χ1) is 9.73. The molecule has 0 heterocycles. The predicted octanol–water partition coefficient (Wildman–Crippen LogP) is 2.54. The lowest BCUT2D eigenvalue weighted by molar-refractivity contribution is -0.150. The summed E-state index contributed by atoms with van der Waals surface area (Å²) >= 11 is 0. The minimum absolute atomic E-state index is 0.146. The molecule has 1 saturated carbocycles. The summed E-state index contributed by atoms with van der Waals surface area (Å²) in [4.78, 5) is 11.8. The van der Waals surface area contributed by atoms with Crippen molar-refractivity contribution < 1.29 is 18.3 Å². The van der Waals surface area contributed by atoms with Gasteiger partial charge in [0.2, 0.25) is 0 Å². The Labute approximate surface area is 125 Å². The summed E-state index contributed by atoms with van der Waals surface area (Å²) in [5.41, 5.74) is -0.0323. The number of sulfone groups is 1. The van der Waals surface area contributed by atoms with E-state index >= 15 is 0 Å². The zero-order valence-electron chi connectivity index (χ0n) is 12.3. The third-order valence-corrected chi connectivity index (χ3v) is 5.45. The minimum atomic E-state index is -3.21. The molecule has 1 aromatic carbocycles. The van der Waals surface area contributed by atoms with Crippen LogP contribution < -0.4 is 5.32 Å². The predicted molar refractivity (Wildman–Crippen MR) is 81.2 cm³/mol. The van der Waals surface area contributed by atoms with Gasteiger partial charge in [0.05, 0.1) is 10.3 Å². The van der Waals surface area contributed by atoms with E-state index in [2.05, 4.69) is 5.32 Å². The van der Waals surface area contributed by atoms with Gasteiger partial charge in [-0.25, -0.2) is 8.42 Å². The molecule has 5 nitrogen and oxygen atoms in total. The molecule has 2 N–H and O–H groups in total. The third-order valence-electron chi connectivity index (χ3n) is 4.32. The van der Waals surface area contributed by atoms with Crippen molar-refractivity contribution in [2.45, 2.75) is 43.5 Å². The molecular weight excluding hydrogens is 290 g/mol. The number of aliphatic carboxylic acids is 1. The highest BCUT2D eigenvalue weighted by atomic mass is 32.2. The zero-order chi connectivity index (χ0) is 15.7. The lowest BCUT2D eigenvalue weighted by Crippen LogP contribution is -2.46. The molecule has 116 valence electrons. The number of anilines is 1. The number of carbonyl (C=O) groups is 1. The number of hydrogen-bond donors (Lipinski definition) is 2. The molecule has 1 fully saturated rings. The quantitative estimate of drug-likeness (QED) is 0.892. The van der Waals surface area contributed by atoms with Crippen molar-refractivity contribution >= 4 is 21.5 Å². The van der Waals surface area contributed by atoms with E-state index < -0.39 is 21.2 Å². The number of nitrogens with one attached hydrogen (secondary N) is 1. The first kappa shape index (κ1) is 15.8. The molecule has 0 aliphatic heterocycles. The molecule has 1 aromatic rings.